The summed E-state index contributed by atoms with van der Waals surface area (Å²) in [5.74, 6) is 2.44. The summed E-state index contributed by atoms with van der Waals surface area (Å²) >= 11 is 0. The lowest BCUT2D eigenvalue weighted by atomic mass is 9.78. The van der Waals surface area contributed by atoms with Gasteiger partial charge in [-0.05, 0) is 93.9 Å². The topological polar surface area (TPSA) is 33.5 Å². The third-order valence-corrected chi connectivity index (χ3v) is 11.2. The number of fused-ring (bicyclic) bond motifs is 3. The van der Waals surface area contributed by atoms with Crippen LogP contribution in [-0.4, -0.2) is 16.2 Å². The van der Waals surface area contributed by atoms with Crippen molar-refractivity contribution >= 4 is 33.2 Å². The van der Waals surface area contributed by atoms with Crippen molar-refractivity contribution in [2.45, 2.75) is 45.4 Å². The van der Waals surface area contributed by atoms with E-state index in [1.807, 2.05) is 12.3 Å². The van der Waals surface area contributed by atoms with Gasteiger partial charge in [-0.15, -0.1) is 0 Å². The van der Waals surface area contributed by atoms with E-state index in [0.29, 0.717) is 6.67 Å². The fourth-order valence-corrected chi connectivity index (χ4v) is 7.84. The lowest BCUT2D eigenvalue weighted by molar-refractivity contribution is 0.483. The molecule has 0 spiro atoms. The second-order valence-corrected chi connectivity index (χ2v) is 16.3. The quantitative estimate of drug-likeness (QED) is 0.156. The normalized spacial score (nSPS) is 13.2. The van der Waals surface area contributed by atoms with Crippen LogP contribution in [0.2, 0.25) is 0 Å². The Morgan fingerprint density at radius 2 is 1.18 bits per heavy atom. The van der Waals surface area contributed by atoms with Crippen molar-refractivity contribution in [2.24, 2.45) is 0 Å². The van der Waals surface area contributed by atoms with E-state index in [4.69, 9.17) is 9.72 Å². The van der Waals surface area contributed by atoms with Crippen molar-refractivity contribution in [3.63, 3.8) is 0 Å². The van der Waals surface area contributed by atoms with Crippen molar-refractivity contribution in [1.29, 1.82) is 0 Å². The zero-order chi connectivity index (χ0) is 38.4. The van der Waals surface area contributed by atoms with Crippen LogP contribution < -0.4 is 14.5 Å². The first-order valence-electron chi connectivity index (χ1n) is 19.4. The summed E-state index contributed by atoms with van der Waals surface area (Å²) in [7, 11) is 0. The third kappa shape index (κ3) is 6.60. The smallest absolute Gasteiger partial charge is 0.137 e. The largest absolute Gasteiger partial charge is 0.457 e. The van der Waals surface area contributed by atoms with Gasteiger partial charge in [0.1, 0.15) is 17.3 Å². The van der Waals surface area contributed by atoms with E-state index in [-0.39, 0.29) is 10.8 Å². The van der Waals surface area contributed by atoms with Gasteiger partial charge in [-0.3, -0.25) is 4.57 Å². The molecule has 1 aliphatic rings. The van der Waals surface area contributed by atoms with Crippen LogP contribution in [0.25, 0.3) is 38.8 Å². The summed E-state index contributed by atoms with van der Waals surface area (Å²) in [6.45, 7) is 12.0. The second kappa shape index (κ2) is 13.9. The Kier molecular flexibility index (Phi) is 8.73. The van der Waals surface area contributed by atoms with E-state index in [9.17, 15) is 0 Å². The molecule has 0 atom stereocenters. The van der Waals surface area contributed by atoms with Gasteiger partial charge in [0.15, 0.2) is 0 Å². The van der Waals surface area contributed by atoms with E-state index in [1.165, 1.54) is 38.9 Å². The minimum Gasteiger partial charge on any atom is -0.457 e. The number of hydrogen-bond donors (Lipinski definition) is 0. The molecule has 0 amide bonds. The molecule has 3 heterocycles. The Hall–Kier alpha value is -6.59. The predicted molar refractivity (Wildman–Crippen MR) is 233 cm³/mol. The standard InChI is InChI=1S/C51H46N4O/c1-50(2,3)39-26-27-52-49(32-39)55-47-25-22-37(36-14-8-6-9-15-36)30-46(47)45-24-23-44(34-48(45)55)56-43-21-13-20-42(33-43)54-29-28-53(35-54)41-19-12-18-40(31-41)51(4,5)38-16-10-7-11-17-38/h6-34H,35H2,1-5H3. The molecule has 0 saturated heterocycles. The average Bonchev–Trinajstić information content (AvgIpc) is 3.85. The van der Waals surface area contributed by atoms with Gasteiger partial charge in [-0.2, -0.15) is 0 Å². The summed E-state index contributed by atoms with van der Waals surface area (Å²) in [6, 6.07) is 56.0. The fraction of sp³-hybridized carbons (Fsp3) is 0.157. The predicted octanol–water partition coefficient (Wildman–Crippen LogP) is 13.0. The van der Waals surface area contributed by atoms with E-state index in [2.05, 4.69) is 213 Å². The lowest BCUT2D eigenvalue weighted by Crippen LogP contribution is -2.25. The van der Waals surface area contributed by atoms with Gasteiger partial charge in [0.2, 0.25) is 0 Å². The Morgan fingerprint density at radius 3 is 1.93 bits per heavy atom. The number of pyridine rings is 1. The van der Waals surface area contributed by atoms with E-state index < -0.39 is 0 Å². The first-order chi connectivity index (χ1) is 27.1. The Bertz CT molecular complexity index is 2720. The van der Waals surface area contributed by atoms with Crippen molar-refractivity contribution in [2.75, 3.05) is 16.5 Å². The number of aromatic nitrogens is 2. The SMILES string of the molecule is CC(C)(C)c1ccnc(-n2c3ccc(-c4ccccc4)cc3c3ccc(Oc4cccc(N5C=CN(c6cccc(C(C)(C)c7ccccc7)c6)C5)c4)cc32)c1. The molecule has 56 heavy (non-hydrogen) atoms. The first-order valence-corrected chi connectivity index (χ1v) is 19.4. The molecule has 0 N–H and O–H groups in total. The zero-order valence-corrected chi connectivity index (χ0v) is 32.6. The number of rotatable bonds is 8. The molecule has 276 valence electrons. The molecule has 0 fully saturated rings. The molecule has 5 heteroatoms. The summed E-state index contributed by atoms with van der Waals surface area (Å²) < 4.78 is 8.93. The summed E-state index contributed by atoms with van der Waals surface area (Å²) in [4.78, 5) is 9.45. The fourth-order valence-electron chi connectivity index (χ4n) is 7.84. The van der Waals surface area contributed by atoms with Crippen molar-refractivity contribution in [3.05, 3.63) is 193 Å². The van der Waals surface area contributed by atoms with E-state index in [0.717, 1.165) is 39.4 Å². The molecule has 8 aromatic rings. The molecule has 0 saturated carbocycles. The summed E-state index contributed by atoms with van der Waals surface area (Å²) in [5.41, 5.74) is 10.5. The molecule has 9 rings (SSSR count). The summed E-state index contributed by atoms with van der Waals surface area (Å²) in [5, 5.41) is 2.33. The average molecular weight is 731 g/mol. The first kappa shape index (κ1) is 35.1. The minimum atomic E-state index is -0.110. The van der Waals surface area contributed by atoms with Crippen LogP contribution in [0.5, 0.6) is 11.5 Å². The van der Waals surface area contributed by atoms with Gasteiger partial charge in [0.05, 0.1) is 17.7 Å². The molecule has 0 unspecified atom stereocenters. The monoisotopic (exact) mass is 730 g/mol. The van der Waals surface area contributed by atoms with Crippen molar-refractivity contribution < 1.29 is 4.74 Å². The van der Waals surface area contributed by atoms with Gasteiger partial charge < -0.3 is 14.5 Å². The number of anilines is 2. The van der Waals surface area contributed by atoms with Gasteiger partial charge >= 0.3 is 0 Å². The third-order valence-electron chi connectivity index (χ3n) is 11.2. The van der Waals surface area contributed by atoms with Crippen LogP contribution in [0.4, 0.5) is 11.4 Å². The number of nitrogens with zero attached hydrogens (tertiary/aromatic N) is 4. The zero-order valence-electron chi connectivity index (χ0n) is 32.6. The Labute approximate surface area is 329 Å². The number of benzene rings is 6. The molecule has 0 aliphatic carbocycles. The van der Waals surface area contributed by atoms with Crippen molar-refractivity contribution in [3.8, 4) is 28.4 Å². The van der Waals surface area contributed by atoms with E-state index in [1.54, 1.807) is 0 Å². The molecule has 6 aromatic carbocycles. The lowest BCUT2D eigenvalue weighted by Gasteiger charge is -2.28. The molecule has 0 radical (unpaired) electrons. The molecule has 5 nitrogen and oxygen atoms in total. The maximum atomic E-state index is 6.65. The van der Waals surface area contributed by atoms with Crippen LogP contribution in [0.15, 0.2) is 176 Å². The van der Waals surface area contributed by atoms with Gasteiger partial charge in [-0.25, -0.2) is 4.98 Å². The van der Waals surface area contributed by atoms with Crippen LogP contribution >= 0.6 is 0 Å². The van der Waals surface area contributed by atoms with Crippen LogP contribution in [-0.2, 0) is 10.8 Å². The summed E-state index contributed by atoms with van der Waals surface area (Å²) in [6.07, 6.45) is 6.22. The van der Waals surface area contributed by atoms with Gasteiger partial charge in [-0.1, -0.05) is 120 Å². The number of ether oxygens (including phenoxy) is 1. The highest BCUT2D eigenvalue weighted by Gasteiger charge is 2.25. The number of hydrogen-bond acceptors (Lipinski definition) is 4. The molecule has 0 bridgehead atoms. The van der Waals surface area contributed by atoms with E-state index >= 15 is 0 Å². The highest BCUT2D eigenvalue weighted by molar-refractivity contribution is 6.10. The van der Waals surface area contributed by atoms with Crippen LogP contribution in [0, 0.1) is 0 Å². The molecule has 1 aliphatic heterocycles. The molecule has 2 aromatic heterocycles. The van der Waals surface area contributed by atoms with Crippen LogP contribution in [0.3, 0.4) is 0 Å². The molecular weight excluding hydrogens is 685 g/mol. The van der Waals surface area contributed by atoms with Gasteiger partial charge in [0.25, 0.3) is 0 Å². The second-order valence-electron chi connectivity index (χ2n) is 16.3. The Morgan fingerprint density at radius 1 is 0.500 bits per heavy atom. The van der Waals surface area contributed by atoms with Crippen molar-refractivity contribution in [1.82, 2.24) is 9.55 Å². The highest BCUT2D eigenvalue weighted by Crippen LogP contribution is 2.39. The Balaban J connectivity index is 1.02. The molecular formula is C51H46N4O. The minimum absolute atomic E-state index is 0.0128. The van der Waals surface area contributed by atoms with Gasteiger partial charge in [0, 0.05) is 58.3 Å². The van der Waals surface area contributed by atoms with Crippen LogP contribution in [0.1, 0.15) is 51.3 Å². The maximum Gasteiger partial charge on any atom is 0.137 e. The maximum absolute atomic E-state index is 6.65. The highest BCUT2D eigenvalue weighted by atomic mass is 16.5.